The smallest absolute Gasteiger partial charge is 0.258 e. The molecule has 1 aliphatic heterocycles. The van der Waals surface area contributed by atoms with Crippen LogP contribution in [0.3, 0.4) is 0 Å². The summed E-state index contributed by atoms with van der Waals surface area (Å²) in [6.07, 6.45) is 2.29. The number of aromatic hydroxyl groups is 1. The first kappa shape index (κ1) is 19.3. The van der Waals surface area contributed by atoms with E-state index in [0.29, 0.717) is 23.4 Å². The highest BCUT2D eigenvalue weighted by molar-refractivity contribution is 7.89. The number of hydrogen-bond donors (Lipinski definition) is 2. The van der Waals surface area contributed by atoms with Crippen molar-refractivity contribution in [2.45, 2.75) is 23.8 Å². The lowest BCUT2D eigenvalue weighted by molar-refractivity contribution is -0.124. The third-order valence-corrected chi connectivity index (χ3v) is 6.42. The SMILES string of the molecule is O=C(NN=Cc1ccccc1O)C1CCCN1S(=O)(=O)c1ccc(Cl)cc1. The predicted molar refractivity (Wildman–Crippen MR) is 102 cm³/mol. The zero-order valence-corrected chi connectivity index (χ0v) is 15.8. The maximum atomic E-state index is 12.8. The van der Waals surface area contributed by atoms with Crippen molar-refractivity contribution in [3.8, 4) is 5.75 Å². The van der Waals surface area contributed by atoms with Gasteiger partial charge < -0.3 is 5.11 Å². The summed E-state index contributed by atoms with van der Waals surface area (Å²) >= 11 is 5.81. The first-order valence-electron chi connectivity index (χ1n) is 8.28. The number of carbonyl (C=O) groups excluding carboxylic acids is 1. The molecule has 1 amide bonds. The van der Waals surface area contributed by atoms with Crippen LogP contribution in [0.5, 0.6) is 5.75 Å². The quantitative estimate of drug-likeness (QED) is 0.587. The third kappa shape index (κ3) is 4.29. The van der Waals surface area contributed by atoms with Crippen molar-refractivity contribution in [1.29, 1.82) is 0 Å². The second kappa shape index (κ2) is 8.08. The predicted octanol–water partition coefficient (Wildman–Crippen LogP) is 2.35. The molecule has 0 aromatic heterocycles. The fourth-order valence-electron chi connectivity index (χ4n) is 2.87. The first-order valence-corrected chi connectivity index (χ1v) is 10.1. The van der Waals surface area contributed by atoms with Crippen LogP contribution < -0.4 is 5.43 Å². The van der Waals surface area contributed by atoms with Gasteiger partial charge in [0.05, 0.1) is 11.1 Å². The number of para-hydroxylation sites is 1. The Morgan fingerprint density at radius 2 is 1.93 bits per heavy atom. The number of nitrogens with one attached hydrogen (secondary N) is 1. The highest BCUT2D eigenvalue weighted by Crippen LogP contribution is 2.27. The van der Waals surface area contributed by atoms with Gasteiger partial charge in [-0.1, -0.05) is 23.7 Å². The van der Waals surface area contributed by atoms with E-state index >= 15 is 0 Å². The Kier molecular flexibility index (Phi) is 5.79. The Bertz CT molecular complexity index is 961. The van der Waals surface area contributed by atoms with Gasteiger partial charge in [-0.2, -0.15) is 9.41 Å². The largest absolute Gasteiger partial charge is 0.507 e. The van der Waals surface area contributed by atoms with Crippen molar-refractivity contribution in [1.82, 2.24) is 9.73 Å². The Morgan fingerprint density at radius 1 is 1.22 bits per heavy atom. The second-order valence-electron chi connectivity index (χ2n) is 6.02. The molecule has 142 valence electrons. The number of carbonyl (C=O) groups is 1. The number of amides is 1. The van der Waals surface area contributed by atoms with Crippen LogP contribution >= 0.6 is 11.6 Å². The molecule has 27 heavy (non-hydrogen) atoms. The van der Waals surface area contributed by atoms with Crippen LogP contribution in [0, 0.1) is 0 Å². The van der Waals surface area contributed by atoms with E-state index in [4.69, 9.17) is 11.6 Å². The molecule has 0 aliphatic carbocycles. The number of hydrogen-bond acceptors (Lipinski definition) is 5. The van der Waals surface area contributed by atoms with E-state index < -0.39 is 22.0 Å². The fraction of sp³-hybridized carbons (Fsp3) is 0.222. The van der Waals surface area contributed by atoms with Gasteiger partial charge in [-0.15, -0.1) is 0 Å². The van der Waals surface area contributed by atoms with E-state index in [2.05, 4.69) is 10.5 Å². The minimum Gasteiger partial charge on any atom is -0.507 e. The normalized spacial score (nSPS) is 18.0. The lowest BCUT2D eigenvalue weighted by Gasteiger charge is -2.22. The van der Waals surface area contributed by atoms with Gasteiger partial charge in [-0.25, -0.2) is 13.8 Å². The topological polar surface area (TPSA) is 99.1 Å². The number of nitrogens with zero attached hydrogens (tertiary/aromatic N) is 2. The summed E-state index contributed by atoms with van der Waals surface area (Å²) < 4.78 is 26.8. The van der Waals surface area contributed by atoms with Crippen LogP contribution in [-0.2, 0) is 14.8 Å². The molecule has 0 spiro atoms. The van der Waals surface area contributed by atoms with Crippen molar-refractivity contribution < 1.29 is 18.3 Å². The monoisotopic (exact) mass is 407 g/mol. The summed E-state index contributed by atoms with van der Waals surface area (Å²) in [7, 11) is -3.81. The van der Waals surface area contributed by atoms with E-state index in [1.807, 2.05) is 0 Å². The Hall–Kier alpha value is -2.42. The average molecular weight is 408 g/mol. The van der Waals surface area contributed by atoms with Crippen LogP contribution in [0.1, 0.15) is 18.4 Å². The van der Waals surface area contributed by atoms with E-state index in [-0.39, 0.29) is 17.2 Å². The first-order chi connectivity index (χ1) is 12.9. The lowest BCUT2D eigenvalue weighted by Crippen LogP contribution is -2.44. The number of phenolic OH excluding ortho intramolecular Hbond substituents is 1. The highest BCUT2D eigenvalue weighted by Gasteiger charge is 2.39. The molecule has 2 aromatic carbocycles. The van der Waals surface area contributed by atoms with Crippen LogP contribution in [-0.4, -0.2) is 42.5 Å². The molecular weight excluding hydrogens is 390 g/mol. The Balaban J connectivity index is 1.73. The summed E-state index contributed by atoms with van der Waals surface area (Å²) in [4.78, 5) is 12.5. The van der Waals surface area contributed by atoms with Gasteiger partial charge in [0, 0.05) is 17.1 Å². The molecule has 2 aromatic rings. The zero-order chi connectivity index (χ0) is 19.4. The van der Waals surface area contributed by atoms with Gasteiger partial charge in [-0.3, -0.25) is 4.79 Å². The molecule has 0 saturated carbocycles. The van der Waals surface area contributed by atoms with Gasteiger partial charge in [0.15, 0.2) is 0 Å². The van der Waals surface area contributed by atoms with Gasteiger partial charge in [0.1, 0.15) is 11.8 Å². The van der Waals surface area contributed by atoms with Crippen molar-refractivity contribution >= 4 is 33.7 Å². The fourth-order valence-corrected chi connectivity index (χ4v) is 4.65. The second-order valence-corrected chi connectivity index (χ2v) is 8.35. The number of benzene rings is 2. The molecular formula is C18H18ClN3O4S. The van der Waals surface area contributed by atoms with Crippen LogP contribution in [0.25, 0.3) is 0 Å². The van der Waals surface area contributed by atoms with Crippen LogP contribution in [0.2, 0.25) is 5.02 Å². The van der Waals surface area contributed by atoms with Gasteiger partial charge in [0.2, 0.25) is 10.0 Å². The standard InChI is InChI=1S/C18H18ClN3O4S/c19-14-7-9-15(10-8-14)27(25,26)22-11-3-5-16(22)18(24)21-20-12-13-4-1-2-6-17(13)23/h1-2,4,6-10,12,16,23H,3,5,11H2,(H,21,24). The summed E-state index contributed by atoms with van der Waals surface area (Å²) in [5.74, 6) is -0.486. The molecule has 1 unspecified atom stereocenters. The van der Waals surface area contributed by atoms with E-state index in [0.717, 1.165) is 0 Å². The average Bonchev–Trinajstić information content (AvgIpc) is 3.14. The number of rotatable bonds is 5. The highest BCUT2D eigenvalue weighted by atomic mass is 35.5. The molecule has 9 heteroatoms. The summed E-state index contributed by atoms with van der Waals surface area (Å²) in [6, 6.07) is 11.5. The minimum atomic E-state index is -3.81. The van der Waals surface area contributed by atoms with Crippen LogP contribution in [0.4, 0.5) is 0 Å². The molecule has 1 atom stereocenters. The van der Waals surface area contributed by atoms with Crippen molar-refractivity contribution in [2.75, 3.05) is 6.54 Å². The third-order valence-electron chi connectivity index (χ3n) is 4.24. The van der Waals surface area contributed by atoms with E-state index in [1.54, 1.807) is 18.2 Å². The van der Waals surface area contributed by atoms with Crippen molar-refractivity contribution in [2.24, 2.45) is 5.10 Å². The Morgan fingerprint density at radius 3 is 2.63 bits per heavy atom. The molecule has 2 N–H and O–H groups in total. The Labute approximate surface area is 162 Å². The van der Waals surface area contributed by atoms with E-state index in [9.17, 15) is 18.3 Å². The molecule has 7 nitrogen and oxygen atoms in total. The number of phenols is 1. The molecule has 1 fully saturated rings. The molecule has 1 heterocycles. The molecule has 1 aliphatic rings. The molecule has 1 saturated heterocycles. The van der Waals surface area contributed by atoms with Crippen molar-refractivity contribution in [3.05, 3.63) is 59.1 Å². The minimum absolute atomic E-state index is 0.0308. The molecule has 3 rings (SSSR count). The van der Waals surface area contributed by atoms with E-state index in [1.165, 1.54) is 40.9 Å². The zero-order valence-electron chi connectivity index (χ0n) is 14.2. The van der Waals surface area contributed by atoms with Crippen LogP contribution in [0.15, 0.2) is 58.5 Å². The number of hydrazone groups is 1. The van der Waals surface area contributed by atoms with Gasteiger partial charge in [-0.05, 0) is 49.2 Å². The number of sulfonamides is 1. The number of halogens is 1. The molecule has 0 radical (unpaired) electrons. The van der Waals surface area contributed by atoms with Gasteiger partial charge in [0.25, 0.3) is 5.91 Å². The summed E-state index contributed by atoms with van der Waals surface area (Å²) in [5, 5.41) is 13.9. The lowest BCUT2D eigenvalue weighted by atomic mass is 10.2. The van der Waals surface area contributed by atoms with Gasteiger partial charge >= 0.3 is 0 Å². The summed E-state index contributed by atoms with van der Waals surface area (Å²) in [5.41, 5.74) is 2.79. The molecule has 0 bridgehead atoms. The maximum absolute atomic E-state index is 12.8. The maximum Gasteiger partial charge on any atom is 0.258 e. The van der Waals surface area contributed by atoms with Crippen molar-refractivity contribution in [3.63, 3.8) is 0 Å². The summed E-state index contributed by atoms with van der Waals surface area (Å²) in [6.45, 7) is 0.256.